The van der Waals surface area contributed by atoms with Gasteiger partial charge in [-0.05, 0) is 26.5 Å². The van der Waals surface area contributed by atoms with Crippen LogP contribution in [0.25, 0.3) is 0 Å². The van der Waals surface area contributed by atoms with Gasteiger partial charge in [-0.1, -0.05) is 30.3 Å². The first-order chi connectivity index (χ1) is 8.27. The second-order valence-corrected chi connectivity index (χ2v) is 4.06. The van der Waals surface area contributed by atoms with Crippen molar-refractivity contribution >= 4 is 0 Å². The van der Waals surface area contributed by atoms with Gasteiger partial charge in [-0.15, -0.1) is 0 Å². The first-order valence-electron chi connectivity index (χ1n) is 6.19. The van der Waals surface area contributed by atoms with E-state index in [4.69, 9.17) is 9.47 Å². The molecule has 96 valence electrons. The van der Waals surface area contributed by atoms with Gasteiger partial charge in [0.1, 0.15) is 0 Å². The summed E-state index contributed by atoms with van der Waals surface area (Å²) in [4.78, 5) is 0. The Bertz CT molecular complexity index is 290. The molecule has 0 amide bonds. The predicted octanol–water partition coefficient (Wildman–Crippen LogP) is 2.39. The third kappa shape index (κ3) is 5.31. The van der Waals surface area contributed by atoms with Gasteiger partial charge in [-0.2, -0.15) is 0 Å². The molecule has 0 fully saturated rings. The Balaban J connectivity index is 2.38. The molecule has 0 bridgehead atoms. The van der Waals surface area contributed by atoms with Gasteiger partial charge in [0, 0.05) is 6.61 Å². The Hall–Kier alpha value is -0.900. The number of benzene rings is 1. The number of hydrogen-bond donors (Lipinski definition) is 1. The highest BCUT2D eigenvalue weighted by Gasteiger charge is 2.11. The van der Waals surface area contributed by atoms with Crippen LogP contribution in [0.2, 0.25) is 0 Å². The van der Waals surface area contributed by atoms with E-state index in [2.05, 4.69) is 17.4 Å². The standard InChI is InChI=1S/C14H23NO2/c1-4-16-10-12(2)17-11-14(15-3)13-8-6-5-7-9-13/h5-9,12,14-15H,4,10-11H2,1-3H3. The number of nitrogens with one attached hydrogen (secondary N) is 1. The van der Waals surface area contributed by atoms with Crippen LogP contribution in [0.5, 0.6) is 0 Å². The summed E-state index contributed by atoms with van der Waals surface area (Å²) in [7, 11) is 1.95. The molecular weight excluding hydrogens is 214 g/mol. The number of likely N-dealkylation sites (N-methyl/N-ethyl adjacent to an activating group) is 1. The van der Waals surface area contributed by atoms with E-state index in [0.717, 1.165) is 6.61 Å². The second kappa shape index (κ2) is 8.23. The highest BCUT2D eigenvalue weighted by atomic mass is 16.5. The van der Waals surface area contributed by atoms with Crippen molar-refractivity contribution in [2.75, 3.05) is 26.9 Å². The summed E-state index contributed by atoms with van der Waals surface area (Å²) in [5.41, 5.74) is 1.25. The van der Waals surface area contributed by atoms with Crippen molar-refractivity contribution in [2.45, 2.75) is 26.0 Å². The lowest BCUT2D eigenvalue weighted by atomic mass is 10.1. The van der Waals surface area contributed by atoms with Crippen molar-refractivity contribution in [3.05, 3.63) is 35.9 Å². The minimum Gasteiger partial charge on any atom is -0.379 e. The van der Waals surface area contributed by atoms with Crippen LogP contribution in [0, 0.1) is 0 Å². The van der Waals surface area contributed by atoms with E-state index >= 15 is 0 Å². The molecule has 0 aliphatic carbocycles. The Morgan fingerprint density at radius 1 is 1.18 bits per heavy atom. The number of hydrogen-bond acceptors (Lipinski definition) is 3. The van der Waals surface area contributed by atoms with Crippen molar-refractivity contribution in [2.24, 2.45) is 0 Å². The molecule has 0 aromatic heterocycles. The number of ether oxygens (including phenoxy) is 2. The van der Waals surface area contributed by atoms with Crippen LogP contribution in [0.3, 0.4) is 0 Å². The molecular formula is C14H23NO2. The fourth-order valence-corrected chi connectivity index (χ4v) is 1.62. The van der Waals surface area contributed by atoms with Crippen LogP contribution in [-0.2, 0) is 9.47 Å². The lowest BCUT2D eigenvalue weighted by Crippen LogP contribution is -2.26. The summed E-state index contributed by atoms with van der Waals surface area (Å²) in [5.74, 6) is 0. The third-order valence-electron chi connectivity index (χ3n) is 2.65. The van der Waals surface area contributed by atoms with Crippen LogP contribution in [0.4, 0.5) is 0 Å². The second-order valence-electron chi connectivity index (χ2n) is 4.06. The van der Waals surface area contributed by atoms with Gasteiger partial charge in [0.2, 0.25) is 0 Å². The summed E-state index contributed by atoms with van der Waals surface area (Å²) in [6, 6.07) is 10.6. The highest BCUT2D eigenvalue weighted by molar-refractivity contribution is 5.18. The number of rotatable bonds is 8. The van der Waals surface area contributed by atoms with Gasteiger partial charge in [-0.3, -0.25) is 0 Å². The SMILES string of the molecule is CCOCC(C)OCC(NC)c1ccccc1. The molecule has 1 aromatic rings. The monoisotopic (exact) mass is 237 g/mol. The van der Waals surface area contributed by atoms with Crippen molar-refractivity contribution in [3.8, 4) is 0 Å². The molecule has 0 radical (unpaired) electrons. The zero-order valence-corrected chi connectivity index (χ0v) is 11.0. The topological polar surface area (TPSA) is 30.5 Å². The van der Waals surface area contributed by atoms with E-state index in [1.54, 1.807) is 0 Å². The highest BCUT2D eigenvalue weighted by Crippen LogP contribution is 2.12. The van der Waals surface area contributed by atoms with Crippen LogP contribution in [-0.4, -0.2) is 33.0 Å². The Morgan fingerprint density at radius 2 is 1.88 bits per heavy atom. The average molecular weight is 237 g/mol. The molecule has 2 unspecified atom stereocenters. The largest absolute Gasteiger partial charge is 0.379 e. The quantitative estimate of drug-likeness (QED) is 0.753. The van der Waals surface area contributed by atoms with Gasteiger partial charge in [0.25, 0.3) is 0 Å². The molecule has 1 rings (SSSR count). The van der Waals surface area contributed by atoms with Gasteiger partial charge in [-0.25, -0.2) is 0 Å². The molecule has 0 aliphatic heterocycles. The zero-order chi connectivity index (χ0) is 12.5. The molecule has 1 aromatic carbocycles. The normalized spacial score (nSPS) is 14.5. The molecule has 17 heavy (non-hydrogen) atoms. The first kappa shape index (κ1) is 14.2. The lowest BCUT2D eigenvalue weighted by molar-refractivity contribution is -0.0110. The Kier molecular flexibility index (Phi) is 6.86. The first-order valence-corrected chi connectivity index (χ1v) is 6.19. The molecule has 0 saturated carbocycles. The van der Waals surface area contributed by atoms with Crippen LogP contribution in [0.1, 0.15) is 25.5 Å². The Labute approximate surface area is 104 Å². The fourth-order valence-electron chi connectivity index (χ4n) is 1.62. The van der Waals surface area contributed by atoms with E-state index in [-0.39, 0.29) is 12.1 Å². The summed E-state index contributed by atoms with van der Waals surface area (Å²) in [6.45, 7) is 6.08. The van der Waals surface area contributed by atoms with Crippen molar-refractivity contribution in [3.63, 3.8) is 0 Å². The molecule has 3 nitrogen and oxygen atoms in total. The maximum Gasteiger partial charge on any atom is 0.0781 e. The summed E-state index contributed by atoms with van der Waals surface area (Å²) in [6.07, 6.45) is 0.134. The molecule has 0 aliphatic rings. The van der Waals surface area contributed by atoms with Gasteiger partial charge >= 0.3 is 0 Å². The Morgan fingerprint density at radius 3 is 2.47 bits per heavy atom. The van der Waals surface area contributed by atoms with E-state index in [1.807, 2.05) is 39.1 Å². The third-order valence-corrected chi connectivity index (χ3v) is 2.65. The van der Waals surface area contributed by atoms with Crippen molar-refractivity contribution < 1.29 is 9.47 Å². The average Bonchev–Trinajstić information content (AvgIpc) is 2.38. The minimum atomic E-state index is 0.134. The van der Waals surface area contributed by atoms with Crippen LogP contribution >= 0.6 is 0 Å². The van der Waals surface area contributed by atoms with E-state index in [9.17, 15) is 0 Å². The smallest absolute Gasteiger partial charge is 0.0781 e. The van der Waals surface area contributed by atoms with E-state index < -0.39 is 0 Å². The molecule has 0 saturated heterocycles. The van der Waals surface area contributed by atoms with Gasteiger partial charge in [0.15, 0.2) is 0 Å². The maximum absolute atomic E-state index is 5.76. The van der Waals surface area contributed by atoms with Gasteiger partial charge < -0.3 is 14.8 Å². The van der Waals surface area contributed by atoms with Crippen molar-refractivity contribution in [1.82, 2.24) is 5.32 Å². The molecule has 2 atom stereocenters. The summed E-state index contributed by atoms with van der Waals surface area (Å²) in [5, 5.41) is 3.26. The fraction of sp³-hybridized carbons (Fsp3) is 0.571. The predicted molar refractivity (Wildman–Crippen MR) is 70.1 cm³/mol. The summed E-state index contributed by atoms with van der Waals surface area (Å²) < 4.78 is 11.1. The van der Waals surface area contributed by atoms with E-state index in [0.29, 0.717) is 13.2 Å². The molecule has 0 spiro atoms. The van der Waals surface area contributed by atoms with Crippen molar-refractivity contribution in [1.29, 1.82) is 0 Å². The maximum atomic E-state index is 5.76. The van der Waals surface area contributed by atoms with Crippen LogP contribution in [0.15, 0.2) is 30.3 Å². The zero-order valence-electron chi connectivity index (χ0n) is 11.0. The van der Waals surface area contributed by atoms with E-state index in [1.165, 1.54) is 5.56 Å². The molecule has 0 heterocycles. The summed E-state index contributed by atoms with van der Waals surface area (Å²) >= 11 is 0. The van der Waals surface area contributed by atoms with Gasteiger partial charge in [0.05, 0.1) is 25.4 Å². The molecule has 3 heteroatoms. The lowest BCUT2D eigenvalue weighted by Gasteiger charge is -2.20. The minimum absolute atomic E-state index is 0.134. The van der Waals surface area contributed by atoms with Crippen LogP contribution < -0.4 is 5.32 Å². The molecule has 1 N–H and O–H groups in total.